The first-order valence-electron chi connectivity index (χ1n) is 9.61. The summed E-state index contributed by atoms with van der Waals surface area (Å²) in [7, 11) is 0. The predicted molar refractivity (Wildman–Crippen MR) is 110 cm³/mol. The molecule has 27 heavy (non-hydrogen) atoms. The Balaban J connectivity index is 1.75. The summed E-state index contributed by atoms with van der Waals surface area (Å²) in [5.41, 5.74) is 5.96. The number of nitrogens with zero attached hydrogens (tertiary/aromatic N) is 3. The van der Waals surface area contributed by atoms with E-state index >= 15 is 0 Å². The maximum Gasteiger partial charge on any atom is 0.124 e. The molecule has 0 saturated carbocycles. The maximum atomic E-state index is 9.68. The van der Waals surface area contributed by atoms with Crippen LogP contribution >= 0.6 is 11.6 Å². The van der Waals surface area contributed by atoms with Crippen LogP contribution in [0.5, 0.6) is 0 Å². The van der Waals surface area contributed by atoms with Gasteiger partial charge in [-0.1, -0.05) is 23.7 Å². The fourth-order valence-electron chi connectivity index (χ4n) is 3.99. The molecule has 4 rings (SSSR count). The Hall–Kier alpha value is -1.88. The molecule has 1 aromatic heterocycles. The number of likely N-dealkylation sites (tertiary alicyclic amines) is 1. The summed E-state index contributed by atoms with van der Waals surface area (Å²) in [5, 5.41) is 10.4. The van der Waals surface area contributed by atoms with Crippen LogP contribution in [0.1, 0.15) is 35.4 Å². The normalized spacial score (nSPS) is 17.9. The average molecular weight is 384 g/mol. The van der Waals surface area contributed by atoms with Gasteiger partial charge in [-0.2, -0.15) is 0 Å². The summed E-state index contributed by atoms with van der Waals surface area (Å²) >= 11 is 6.05. The number of hydrogen-bond acceptors (Lipinski definition) is 3. The third kappa shape index (κ3) is 3.75. The van der Waals surface area contributed by atoms with Crippen LogP contribution in [0.2, 0.25) is 5.02 Å². The number of benzene rings is 2. The lowest BCUT2D eigenvalue weighted by Gasteiger charge is -2.22. The van der Waals surface area contributed by atoms with Gasteiger partial charge in [0.15, 0.2) is 0 Å². The molecule has 0 amide bonds. The summed E-state index contributed by atoms with van der Waals surface area (Å²) < 4.78 is 2.32. The van der Waals surface area contributed by atoms with Crippen LogP contribution < -0.4 is 0 Å². The van der Waals surface area contributed by atoms with Gasteiger partial charge in [-0.3, -0.25) is 4.90 Å². The number of aryl methyl sites for hydroxylation is 2. The highest BCUT2D eigenvalue weighted by atomic mass is 35.5. The van der Waals surface area contributed by atoms with Gasteiger partial charge in [0, 0.05) is 17.6 Å². The summed E-state index contributed by atoms with van der Waals surface area (Å²) in [4.78, 5) is 7.33. The van der Waals surface area contributed by atoms with Gasteiger partial charge in [0.05, 0.1) is 24.2 Å². The Morgan fingerprint density at radius 1 is 1.11 bits per heavy atom. The van der Waals surface area contributed by atoms with E-state index in [1.54, 1.807) is 0 Å². The van der Waals surface area contributed by atoms with E-state index < -0.39 is 0 Å². The number of hydrogen-bond donors (Lipinski definition) is 1. The Morgan fingerprint density at radius 2 is 1.85 bits per heavy atom. The molecular weight excluding hydrogens is 358 g/mol. The van der Waals surface area contributed by atoms with Crippen molar-refractivity contribution < 1.29 is 5.11 Å². The molecule has 1 N–H and O–H groups in total. The van der Waals surface area contributed by atoms with Crippen molar-refractivity contribution in [1.82, 2.24) is 14.5 Å². The summed E-state index contributed by atoms with van der Waals surface area (Å²) in [6.07, 6.45) is 2.20. The quantitative estimate of drug-likeness (QED) is 0.713. The summed E-state index contributed by atoms with van der Waals surface area (Å²) in [6.45, 7) is 7.06. The van der Waals surface area contributed by atoms with Gasteiger partial charge in [0.25, 0.3) is 0 Å². The molecule has 1 saturated heterocycles. The molecule has 142 valence electrons. The Labute approximate surface area is 165 Å². The van der Waals surface area contributed by atoms with E-state index in [0.29, 0.717) is 0 Å². The minimum Gasteiger partial charge on any atom is -0.395 e. The van der Waals surface area contributed by atoms with Crippen LogP contribution in [0.4, 0.5) is 0 Å². The fraction of sp³-hybridized carbons (Fsp3) is 0.409. The van der Waals surface area contributed by atoms with E-state index in [1.807, 2.05) is 12.1 Å². The molecule has 4 nitrogen and oxygen atoms in total. The van der Waals surface area contributed by atoms with Crippen LogP contribution in [-0.4, -0.2) is 38.8 Å². The Morgan fingerprint density at radius 3 is 2.59 bits per heavy atom. The number of aliphatic hydroxyl groups excluding tert-OH is 1. The van der Waals surface area contributed by atoms with Crippen molar-refractivity contribution in [1.29, 1.82) is 0 Å². The second-order valence-corrected chi connectivity index (χ2v) is 8.05. The first kappa shape index (κ1) is 18.5. The molecule has 2 heterocycles. The van der Waals surface area contributed by atoms with Crippen molar-refractivity contribution in [2.24, 2.45) is 0 Å². The number of aromatic nitrogens is 2. The van der Waals surface area contributed by atoms with Crippen LogP contribution in [0.25, 0.3) is 11.0 Å². The second-order valence-electron chi connectivity index (χ2n) is 7.61. The van der Waals surface area contributed by atoms with Crippen molar-refractivity contribution in [3.8, 4) is 0 Å². The molecule has 0 radical (unpaired) electrons. The van der Waals surface area contributed by atoms with Gasteiger partial charge in [0.1, 0.15) is 5.82 Å². The molecule has 1 fully saturated rings. The van der Waals surface area contributed by atoms with Crippen molar-refractivity contribution in [2.45, 2.75) is 45.8 Å². The molecule has 3 aromatic rings. The minimum atomic E-state index is 0.218. The lowest BCUT2D eigenvalue weighted by atomic mass is 10.1. The number of halogens is 1. The molecule has 0 bridgehead atoms. The largest absolute Gasteiger partial charge is 0.395 e. The van der Waals surface area contributed by atoms with Crippen LogP contribution in [0, 0.1) is 13.8 Å². The molecule has 1 aliphatic rings. The van der Waals surface area contributed by atoms with E-state index in [4.69, 9.17) is 16.6 Å². The van der Waals surface area contributed by atoms with Crippen LogP contribution in [-0.2, 0) is 13.1 Å². The van der Waals surface area contributed by atoms with E-state index in [2.05, 4.69) is 47.6 Å². The number of imidazole rings is 1. The zero-order valence-electron chi connectivity index (χ0n) is 16.0. The SMILES string of the molecule is Cc1cc2nc(CN3CCC[C@@H]3CO)n(Cc3ccc(Cl)cc3)c2cc1C. The first-order chi connectivity index (χ1) is 13.0. The van der Waals surface area contributed by atoms with E-state index in [9.17, 15) is 5.11 Å². The highest BCUT2D eigenvalue weighted by Crippen LogP contribution is 2.25. The second kappa shape index (κ2) is 7.63. The first-order valence-corrected chi connectivity index (χ1v) is 9.98. The number of rotatable bonds is 5. The Kier molecular flexibility index (Phi) is 5.22. The highest BCUT2D eigenvalue weighted by molar-refractivity contribution is 6.30. The number of aliphatic hydroxyl groups is 1. The third-order valence-electron chi connectivity index (χ3n) is 5.75. The molecule has 0 spiro atoms. The highest BCUT2D eigenvalue weighted by Gasteiger charge is 2.25. The molecule has 5 heteroatoms. The molecule has 1 atom stereocenters. The third-order valence-corrected chi connectivity index (χ3v) is 6.00. The summed E-state index contributed by atoms with van der Waals surface area (Å²) in [6, 6.07) is 12.7. The maximum absolute atomic E-state index is 9.68. The lowest BCUT2D eigenvalue weighted by Crippen LogP contribution is -2.32. The zero-order valence-corrected chi connectivity index (χ0v) is 16.7. The van der Waals surface area contributed by atoms with Crippen molar-refractivity contribution in [3.63, 3.8) is 0 Å². The van der Waals surface area contributed by atoms with E-state index in [-0.39, 0.29) is 12.6 Å². The molecule has 1 aliphatic heterocycles. The van der Waals surface area contributed by atoms with Gasteiger partial charge in [0.2, 0.25) is 0 Å². The monoisotopic (exact) mass is 383 g/mol. The van der Waals surface area contributed by atoms with Crippen LogP contribution in [0.3, 0.4) is 0 Å². The van der Waals surface area contributed by atoms with Crippen molar-refractivity contribution in [2.75, 3.05) is 13.2 Å². The molecule has 0 unspecified atom stereocenters. The van der Waals surface area contributed by atoms with Crippen molar-refractivity contribution in [3.05, 3.63) is 63.9 Å². The standard InChI is InChI=1S/C22H26ClN3O/c1-15-10-20-21(11-16(15)2)26(12-17-5-7-18(23)8-6-17)22(24-20)13-25-9-3-4-19(25)14-27/h5-8,10-11,19,27H,3-4,9,12-14H2,1-2H3/t19-/m1/s1. The zero-order chi connectivity index (χ0) is 19.0. The molecular formula is C22H26ClN3O. The average Bonchev–Trinajstić information content (AvgIpc) is 3.23. The fourth-order valence-corrected chi connectivity index (χ4v) is 4.12. The smallest absolute Gasteiger partial charge is 0.124 e. The minimum absolute atomic E-state index is 0.218. The predicted octanol–water partition coefficient (Wildman–Crippen LogP) is 4.31. The summed E-state index contributed by atoms with van der Waals surface area (Å²) in [5.74, 6) is 1.06. The Bertz CT molecular complexity index is 948. The molecule has 2 aromatic carbocycles. The van der Waals surface area contributed by atoms with E-state index in [0.717, 1.165) is 48.8 Å². The number of fused-ring (bicyclic) bond motifs is 1. The van der Waals surface area contributed by atoms with Crippen molar-refractivity contribution >= 4 is 22.6 Å². The van der Waals surface area contributed by atoms with Gasteiger partial charge in [-0.05, 0) is 74.2 Å². The lowest BCUT2D eigenvalue weighted by molar-refractivity contribution is 0.150. The topological polar surface area (TPSA) is 41.3 Å². The van der Waals surface area contributed by atoms with Crippen LogP contribution in [0.15, 0.2) is 36.4 Å². The van der Waals surface area contributed by atoms with E-state index in [1.165, 1.54) is 22.2 Å². The van der Waals surface area contributed by atoms with Gasteiger partial charge in [-0.15, -0.1) is 0 Å². The van der Waals surface area contributed by atoms with Gasteiger partial charge < -0.3 is 9.67 Å². The molecule has 0 aliphatic carbocycles. The van der Waals surface area contributed by atoms with Gasteiger partial charge >= 0.3 is 0 Å². The van der Waals surface area contributed by atoms with Gasteiger partial charge in [-0.25, -0.2) is 4.98 Å².